The van der Waals surface area contributed by atoms with Crippen molar-refractivity contribution in [3.8, 4) is 5.75 Å². The summed E-state index contributed by atoms with van der Waals surface area (Å²) < 4.78 is 40.7. The average molecular weight is 273 g/mol. The summed E-state index contributed by atoms with van der Waals surface area (Å²) in [5.41, 5.74) is 0.567. The van der Waals surface area contributed by atoms with E-state index in [1.165, 1.54) is 12.1 Å². The fraction of sp³-hybridized carbons (Fsp3) is 0.571. The monoisotopic (exact) mass is 273 g/mol. The number of alkyl halides is 3. The summed E-state index contributed by atoms with van der Waals surface area (Å²) in [6.07, 6.45) is -0.387. The molecule has 106 valence electrons. The molecule has 1 atom stereocenters. The molecule has 1 fully saturated rings. The zero-order valence-corrected chi connectivity index (χ0v) is 10.9. The highest BCUT2D eigenvalue weighted by atomic mass is 19.4. The van der Waals surface area contributed by atoms with Gasteiger partial charge in [0.2, 0.25) is 0 Å². The van der Waals surface area contributed by atoms with Crippen LogP contribution in [0.3, 0.4) is 0 Å². The Morgan fingerprint density at radius 1 is 1.21 bits per heavy atom. The zero-order chi connectivity index (χ0) is 13.9. The van der Waals surface area contributed by atoms with Gasteiger partial charge in [0.25, 0.3) is 0 Å². The minimum atomic E-state index is -4.64. The number of ether oxygens (including phenoxy) is 1. The Balaban J connectivity index is 2.21. The van der Waals surface area contributed by atoms with Crippen LogP contribution < -0.4 is 10.1 Å². The summed E-state index contributed by atoms with van der Waals surface area (Å²) in [5, 5.41) is 3.43. The highest BCUT2D eigenvalue weighted by Crippen LogP contribution is 2.32. The predicted molar refractivity (Wildman–Crippen MR) is 66.9 cm³/mol. The molecule has 1 N–H and O–H groups in total. The van der Waals surface area contributed by atoms with Crippen LogP contribution in [-0.2, 0) is 5.54 Å². The van der Waals surface area contributed by atoms with Crippen molar-refractivity contribution >= 4 is 0 Å². The topological polar surface area (TPSA) is 21.3 Å². The lowest BCUT2D eigenvalue weighted by atomic mass is 9.87. The van der Waals surface area contributed by atoms with Crippen molar-refractivity contribution in [2.45, 2.75) is 44.5 Å². The van der Waals surface area contributed by atoms with E-state index in [4.69, 9.17) is 0 Å². The molecule has 1 saturated heterocycles. The van der Waals surface area contributed by atoms with Crippen molar-refractivity contribution in [3.63, 3.8) is 0 Å². The van der Waals surface area contributed by atoms with Crippen LogP contribution in [0.5, 0.6) is 5.75 Å². The van der Waals surface area contributed by atoms with Gasteiger partial charge in [0.1, 0.15) is 5.75 Å². The lowest BCUT2D eigenvalue weighted by Crippen LogP contribution is -2.38. The molecule has 5 heteroatoms. The third kappa shape index (κ3) is 3.86. The maximum absolute atomic E-state index is 12.2. The van der Waals surface area contributed by atoms with E-state index >= 15 is 0 Å². The molecule has 0 amide bonds. The Kier molecular flexibility index (Phi) is 4.04. The molecule has 0 spiro atoms. The van der Waals surface area contributed by atoms with Crippen LogP contribution in [0.4, 0.5) is 13.2 Å². The van der Waals surface area contributed by atoms with Gasteiger partial charge in [-0.3, -0.25) is 0 Å². The summed E-state index contributed by atoms with van der Waals surface area (Å²) in [4.78, 5) is 0. The van der Waals surface area contributed by atoms with Gasteiger partial charge < -0.3 is 10.1 Å². The molecule has 0 saturated carbocycles. The van der Waals surface area contributed by atoms with Gasteiger partial charge >= 0.3 is 6.36 Å². The Morgan fingerprint density at radius 3 is 2.74 bits per heavy atom. The second kappa shape index (κ2) is 5.41. The van der Waals surface area contributed by atoms with Gasteiger partial charge in [0.05, 0.1) is 0 Å². The molecular formula is C14H18F3NO. The maximum atomic E-state index is 12.2. The fourth-order valence-electron chi connectivity index (χ4n) is 2.52. The number of nitrogens with one attached hydrogen (secondary N) is 1. The van der Waals surface area contributed by atoms with Gasteiger partial charge in [0, 0.05) is 5.54 Å². The van der Waals surface area contributed by atoms with Gasteiger partial charge in [-0.25, -0.2) is 0 Å². The Morgan fingerprint density at radius 2 is 2.00 bits per heavy atom. The molecule has 1 heterocycles. The molecule has 1 aromatic rings. The number of halogens is 3. The lowest BCUT2D eigenvalue weighted by Gasteiger charge is -2.30. The summed E-state index contributed by atoms with van der Waals surface area (Å²) in [6, 6.07) is 6.26. The smallest absolute Gasteiger partial charge is 0.406 e. The predicted octanol–water partition coefficient (Wildman–Crippen LogP) is 3.96. The fourth-order valence-corrected chi connectivity index (χ4v) is 2.52. The normalized spacial score (nSPS) is 24.8. The first-order valence-corrected chi connectivity index (χ1v) is 6.50. The van der Waals surface area contributed by atoms with Crippen molar-refractivity contribution in [1.82, 2.24) is 5.32 Å². The van der Waals surface area contributed by atoms with Crippen LogP contribution in [0.2, 0.25) is 0 Å². The molecular weight excluding hydrogens is 255 g/mol. The van der Waals surface area contributed by atoms with Crippen LogP contribution in [0, 0.1) is 0 Å². The molecule has 0 aromatic heterocycles. The highest BCUT2D eigenvalue weighted by Gasteiger charge is 2.32. The van der Waals surface area contributed by atoms with Crippen LogP contribution in [0.1, 0.15) is 38.2 Å². The van der Waals surface area contributed by atoms with E-state index < -0.39 is 6.36 Å². The molecule has 2 nitrogen and oxygen atoms in total. The van der Waals surface area contributed by atoms with E-state index in [2.05, 4.69) is 10.1 Å². The molecule has 0 bridgehead atoms. The van der Waals surface area contributed by atoms with E-state index in [0.29, 0.717) is 0 Å². The second-order valence-electron chi connectivity index (χ2n) is 5.15. The van der Waals surface area contributed by atoms with Crippen molar-refractivity contribution in [3.05, 3.63) is 29.8 Å². The van der Waals surface area contributed by atoms with E-state index in [-0.39, 0.29) is 11.3 Å². The quantitative estimate of drug-likeness (QED) is 0.880. The molecule has 1 unspecified atom stereocenters. The van der Waals surface area contributed by atoms with Crippen molar-refractivity contribution < 1.29 is 17.9 Å². The Bertz CT molecular complexity index is 423. The third-order valence-electron chi connectivity index (χ3n) is 3.57. The minimum absolute atomic E-state index is 0.155. The van der Waals surface area contributed by atoms with E-state index in [1.54, 1.807) is 6.07 Å². The average Bonchev–Trinajstić information content (AvgIpc) is 2.53. The lowest BCUT2D eigenvalue weighted by molar-refractivity contribution is -0.274. The van der Waals surface area contributed by atoms with E-state index in [0.717, 1.165) is 37.8 Å². The standard InChI is InChI=1S/C14H18F3NO/c1-13(8-3-2-4-9-18-13)11-6-5-7-12(10-11)19-14(15,16)17/h5-7,10,18H,2-4,8-9H2,1H3. The zero-order valence-electron chi connectivity index (χ0n) is 10.9. The van der Waals surface area contributed by atoms with Crippen LogP contribution in [0.25, 0.3) is 0 Å². The summed E-state index contributed by atoms with van der Waals surface area (Å²) in [5.74, 6) is -0.155. The summed E-state index contributed by atoms with van der Waals surface area (Å²) in [6.45, 7) is 2.92. The van der Waals surface area contributed by atoms with Crippen LogP contribution >= 0.6 is 0 Å². The highest BCUT2D eigenvalue weighted by molar-refractivity contribution is 5.33. The van der Waals surface area contributed by atoms with Gasteiger partial charge in [-0.1, -0.05) is 25.0 Å². The Labute approximate surface area is 111 Å². The number of benzene rings is 1. The molecule has 1 aliphatic rings. The van der Waals surface area contributed by atoms with E-state index in [1.807, 2.05) is 13.0 Å². The molecule has 0 aliphatic carbocycles. The van der Waals surface area contributed by atoms with E-state index in [9.17, 15) is 13.2 Å². The van der Waals surface area contributed by atoms with Crippen molar-refractivity contribution in [2.75, 3.05) is 6.54 Å². The number of rotatable bonds is 2. The van der Waals surface area contributed by atoms with Gasteiger partial charge in [-0.2, -0.15) is 0 Å². The Hall–Kier alpha value is -1.23. The SMILES string of the molecule is CC1(c2cccc(OC(F)(F)F)c2)CCCCCN1. The summed E-state index contributed by atoms with van der Waals surface area (Å²) >= 11 is 0. The molecule has 1 aliphatic heterocycles. The molecule has 0 radical (unpaired) electrons. The van der Waals surface area contributed by atoms with Crippen molar-refractivity contribution in [1.29, 1.82) is 0 Å². The maximum Gasteiger partial charge on any atom is 0.573 e. The van der Waals surface area contributed by atoms with Gasteiger partial charge in [-0.05, 0) is 44.0 Å². The van der Waals surface area contributed by atoms with Gasteiger partial charge in [-0.15, -0.1) is 13.2 Å². The second-order valence-corrected chi connectivity index (χ2v) is 5.15. The molecule has 19 heavy (non-hydrogen) atoms. The minimum Gasteiger partial charge on any atom is -0.406 e. The van der Waals surface area contributed by atoms with Crippen LogP contribution in [-0.4, -0.2) is 12.9 Å². The number of hydrogen-bond donors (Lipinski definition) is 1. The first-order valence-electron chi connectivity index (χ1n) is 6.50. The first kappa shape index (κ1) is 14.2. The number of hydrogen-bond acceptors (Lipinski definition) is 2. The third-order valence-corrected chi connectivity index (χ3v) is 3.57. The molecule has 2 rings (SSSR count). The van der Waals surface area contributed by atoms with Crippen LogP contribution in [0.15, 0.2) is 24.3 Å². The molecule has 1 aromatic carbocycles. The van der Waals surface area contributed by atoms with Crippen molar-refractivity contribution in [2.24, 2.45) is 0 Å². The largest absolute Gasteiger partial charge is 0.573 e. The van der Waals surface area contributed by atoms with Gasteiger partial charge in [0.15, 0.2) is 0 Å². The first-order chi connectivity index (χ1) is 8.89. The summed E-state index contributed by atoms with van der Waals surface area (Å²) in [7, 11) is 0.